The maximum atomic E-state index is 5.83. The van der Waals surface area contributed by atoms with E-state index in [1.54, 1.807) is 6.20 Å². The Hall–Kier alpha value is -7.23. The molecule has 0 unspecified atom stereocenters. The summed E-state index contributed by atoms with van der Waals surface area (Å²) in [5.41, 5.74) is 13.4. The summed E-state index contributed by atoms with van der Waals surface area (Å²) in [5, 5.41) is 6.01. The summed E-state index contributed by atoms with van der Waals surface area (Å²) in [4.78, 5) is 6.64. The Morgan fingerprint density at radius 2 is 0.778 bits per heavy atom. The number of aromatic nitrogens is 1. The summed E-state index contributed by atoms with van der Waals surface area (Å²) in [6, 6.07) is 67.6. The number of hydrogen-bond donors (Lipinski definition) is 0. The van der Waals surface area contributed by atoms with Crippen LogP contribution >= 0.6 is 0 Å². The van der Waals surface area contributed by atoms with Gasteiger partial charge in [0.1, 0.15) is 5.58 Å². The molecular weight excluding hydrogens is 657 g/mol. The van der Waals surface area contributed by atoms with Gasteiger partial charge in [0.25, 0.3) is 0 Å². The first-order valence-electron chi connectivity index (χ1n) is 18.2. The molecule has 3 heteroatoms. The van der Waals surface area contributed by atoms with E-state index in [1.165, 1.54) is 54.9 Å². The summed E-state index contributed by atoms with van der Waals surface area (Å²) in [7, 11) is 0. The molecule has 0 fully saturated rings. The molecular formula is C51H34N2O. The van der Waals surface area contributed by atoms with Crippen molar-refractivity contribution in [1.82, 2.24) is 4.98 Å². The Labute approximate surface area is 314 Å². The second-order valence-corrected chi connectivity index (χ2v) is 13.7. The van der Waals surface area contributed by atoms with Gasteiger partial charge in [0.05, 0.1) is 6.26 Å². The highest BCUT2D eigenvalue weighted by atomic mass is 16.3. The predicted octanol–water partition coefficient (Wildman–Crippen LogP) is 14.3. The standard InChI is InChI=1S/C51H34N2O/c1-3-7-42-31-44(15-13-35(42)5-1)39-11-9-37(10-12-39)38-17-23-46(24-18-38)53(48-27-21-41(22-28-48)50-34-54-51-29-30-52-33-49(50)51)47-25-19-40(20-26-47)45-16-14-36-6-2-4-8-43(36)32-45/h1-34H. The van der Waals surface area contributed by atoms with Gasteiger partial charge in [-0.25, -0.2) is 0 Å². The van der Waals surface area contributed by atoms with E-state index in [1.807, 2.05) is 18.5 Å². The van der Waals surface area contributed by atoms with Gasteiger partial charge < -0.3 is 9.32 Å². The Balaban J connectivity index is 0.981. The minimum Gasteiger partial charge on any atom is -0.464 e. The minimum absolute atomic E-state index is 0.834. The first-order chi connectivity index (χ1) is 26.7. The van der Waals surface area contributed by atoms with Gasteiger partial charge in [-0.05, 0) is 115 Å². The van der Waals surface area contributed by atoms with Gasteiger partial charge in [-0.2, -0.15) is 0 Å². The van der Waals surface area contributed by atoms with Gasteiger partial charge in [-0.1, -0.05) is 133 Å². The van der Waals surface area contributed by atoms with Crippen LogP contribution in [0.1, 0.15) is 0 Å². The fraction of sp³-hybridized carbons (Fsp3) is 0. The molecule has 10 aromatic rings. The van der Waals surface area contributed by atoms with Gasteiger partial charge in [0.15, 0.2) is 0 Å². The van der Waals surface area contributed by atoms with Crippen molar-refractivity contribution >= 4 is 49.6 Å². The van der Waals surface area contributed by atoms with Crippen LogP contribution in [-0.2, 0) is 0 Å². The quantitative estimate of drug-likeness (QED) is 0.167. The first kappa shape index (κ1) is 31.5. The molecule has 0 aliphatic heterocycles. The normalized spacial score (nSPS) is 11.3. The SMILES string of the molecule is c1ccc2cc(-c3ccc(-c4ccc(N(c5ccc(-c6ccc7ccccc7c6)cc5)c5ccc(-c6coc7ccncc67)cc5)cc4)cc3)ccc2c1. The second-order valence-electron chi connectivity index (χ2n) is 13.7. The first-order valence-corrected chi connectivity index (χ1v) is 18.2. The highest BCUT2D eigenvalue weighted by Crippen LogP contribution is 2.39. The molecule has 254 valence electrons. The van der Waals surface area contributed by atoms with Crippen molar-refractivity contribution in [3.8, 4) is 44.5 Å². The highest BCUT2D eigenvalue weighted by Gasteiger charge is 2.15. The van der Waals surface area contributed by atoms with Crippen LogP contribution in [0.2, 0.25) is 0 Å². The molecule has 0 atom stereocenters. The lowest BCUT2D eigenvalue weighted by Gasteiger charge is -2.26. The summed E-state index contributed by atoms with van der Waals surface area (Å²) >= 11 is 0. The average molecular weight is 691 g/mol. The third-order valence-electron chi connectivity index (χ3n) is 10.4. The van der Waals surface area contributed by atoms with Crippen LogP contribution in [0.15, 0.2) is 211 Å². The fourth-order valence-electron chi connectivity index (χ4n) is 7.53. The Morgan fingerprint density at radius 3 is 1.28 bits per heavy atom. The van der Waals surface area contributed by atoms with Gasteiger partial charge in [0, 0.05) is 40.4 Å². The van der Waals surface area contributed by atoms with Crippen LogP contribution in [0.3, 0.4) is 0 Å². The third kappa shape index (κ3) is 5.88. The molecule has 0 aliphatic rings. The lowest BCUT2D eigenvalue weighted by molar-refractivity contribution is 0.616. The van der Waals surface area contributed by atoms with Crippen LogP contribution < -0.4 is 4.90 Å². The Bertz CT molecular complexity index is 2910. The third-order valence-corrected chi connectivity index (χ3v) is 10.4. The molecule has 0 aliphatic carbocycles. The highest BCUT2D eigenvalue weighted by molar-refractivity contribution is 5.94. The van der Waals surface area contributed by atoms with Gasteiger partial charge in [-0.15, -0.1) is 0 Å². The number of pyridine rings is 1. The van der Waals surface area contributed by atoms with Crippen LogP contribution in [0.25, 0.3) is 77.0 Å². The summed E-state index contributed by atoms with van der Waals surface area (Å²) in [5.74, 6) is 0. The van der Waals surface area contributed by atoms with Crippen LogP contribution in [0, 0.1) is 0 Å². The zero-order chi connectivity index (χ0) is 35.8. The van der Waals surface area contributed by atoms with E-state index >= 15 is 0 Å². The lowest BCUT2D eigenvalue weighted by Crippen LogP contribution is -2.09. The number of nitrogens with zero attached hydrogens (tertiary/aromatic N) is 2. The smallest absolute Gasteiger partial charge is 0.137 e. The van der Waals surface area contributed by atoms with E-state index in [4.69, 9.17) is 4.42 Å². The molecule has 0 saturated heterocycles. The van der Waals surface area contributed by atoms with E-state index in [0.717, 1.165) is 39.2 Å². The maximum Gasteiger partial charge on any atom is 0.137 e. The van der Waals surface area contributed by atoms with E-state index in [2.05, 4.69) is 192 Å². The van der Waals surface area contributed by atoms with Crippen molar-refractivity contribution in [1.29, 1.82) is 0 Å². The van der Waals surface area contributed by atoms with Crippen molar-refractivity contribution in [3.05, 3.63) is 207 Å². The van der Waals surface area contributed by atoms with Crippen LogP contribution in [-0.4, -0.2) is 4.98 Å². The second kappa shape index (κ2) is 13.4. The van der Waals surface area contributed by atoms with Crippen molar-refractivity contribution in [3.63, 3.8) is 0 Å². The minimum atomic E-state index is 0.834. The molecule has 0 amide bonds. The number of fused-ring (bicyclic) bond motifs is 3. The zero-order valence-corrected chi connectivity index (χ0v) is 29.4. The number of benzene rings is 8. The molecule has 2 aromatic heterocycles. The number of hydrogen-bond acceptors (Lipinski definition) is 3. The van der Waals surface area contributed by atoms with Crippen LogP contribution in [0.5, 0.6) is 0 Å². The van der Waals surface area contributed by atoms with Crippen LogP contribution in [0.4, 0.5) is 17.1 Å². The van der Waals surface area contributed by atoms with Gasteiger partial charge in [-0.3, -0.25) is 4.98 Å². The average Bonchev–Trinajstić information content (AvgIpc) is 3.69. The molecule has 2 heterocycles. The Morgan fingerprint density at radius 1 is 0.370 bits per heavy atom. The molecule has 0 radical (unpaired) electrons. The fourth-order valence-corrected chi connectivity index (χ4v) is 7.53. The summed E-state index contributed by atoms with van der Waals surface area (Å²) in [6.07, 6.45) is 5.44. The lowest BCUT2D eigenvalue weighted by atomic mass is 9.98. The van der Waals surface area contributed by atoms with Crippen molar-refractivity contribution in [2.75, 3.05) is 4.90 Å². The van der Waals surface area contributed by atoms with E-state index in [9.17, 15) is 0 Å². The molecule has 54 heavy (non-hydrogen) atoms. The predicted molar refractivity (Wildman–Crippen MR) is 225 cm³/mol. The van der Waals surface area contributed by atoms with E-state index < -0.39 is 0 Å². The molecule has 0 spiro atoms. The zero-order valence-electron chi connectivity index (χ0n) is 29.4. The van der Waals surface area contributed by atoms with E-state index in [-0.39, 0.29) is 0 Å². The Kier molecular flexibility index (Phi) is 7.81. The molecule has 0 N–H and O–H groups in total. The monoisotopic (exact) mass is 690 g/mol. The molecule has 0 saturated carbocycles. The number of rotatable bonds is 7. The van der Waals surface area contributed by atoms with Gasteiger partial charge in [0.2, 0.25) is 0 Å². The van der Waals surface area contributed by atoms with Crippen molar-refractivity contribution in [2.24, 2.45) is 0 Å². The summed E-state index contributed by atoms with van der Waals surface area (Å²) < 4.78 is 5.83. The molecule has 0 bridgehead atoms. The maximum absolute atomic E-state index is 5.83. The van der Waals surface area contributed by atoms with E-state index in [0.29, 0.717) is 0 Å². The number of furan rings is 1. The van der Waals surface area contributed by atoms with Crippen molar-refractivity contribution in [2.45, 2.75) is 0 Å². The molecule has 8 aromatic carbocycles. The van der Waals surface area contributed by atoms with Crippen molar-refractivity contribution < 1.29 is 4.42 Å². The molecule has 10 rings (SSSR count). The molecule has 3 nitrogen and oxygen atoms in total. The number of anilines is 3. The summed E-state index contributed by atoms with van der Waals surface area (Å²) in [6.45, 7) is 0. The largest absolute Gasteiger partial charge is 0.464 e. The topological polar surface area (TPSA) is 29.3 Å². The van der Waals surface area contributed by atoms with Gasteiger partial charge >= 0.3 is 0 Å².